The number of hydrogen-bond acceptors (Lipinski definition) is 1. The van der Waals surface area contributed by atoms with Crippen LogP contribution in [0.25, 0.3) is 22.2 Å². The third-order valence-corrected chi connectivity index (χ3v) is 5.24. The summed E-state index contributed by atoms with van der Waals surface area (Å²) in [5.74, 6) is 0.991. The van der Waals surface area contributed by atoms with Crippen LogP contribution in [0.15, 0.2) is 96.0 Å². The topological polar surface area (TPSA) is 20.5 Å². The lowest BCUT2D eigenvalue weighted by Crippen LogP contribution is -2.37. The Labute approximate surface area is 179 Å². The number of aliphatic imine (C=N–C) groups is 1. The monoisotopic (exact) mass is 395 g/mol. The molecular weight excluding hydrogens is 366 g/mol. The fourth-order valence-corrected chi connectivity index (χ4v) is 3.92. The molecule has 0 unspecified atom stereocenters. The van der Waals surface area contributed by atoms with Crippen molar-refractivity contribution < 1.29 is 0 Å². The van der Waals surface area contributed by atoms with Gasteiger partial charge in [-0.2, -0.15) is 0 Å². The van der Waals surface area contributed by atoms with E-state index in [1.807, 2.05) is 18.2 Å². The number of para-hydroxylation sites is 2. The Morgan fingerprint density at radius 1 is 0.767 bits per heavy atom. The first kappa shape index (κ1) is 20.0. The van der Waals surface area contributed by atoms with Crippen molar-refractivity contribution in [1.82, 2.24) is 9.47 Å². The molecule has 0 N–H and O–H groups in total. The molecule has 0 radical (unpaired) electrons. The van der Waals surface area contributed by atoms with E-state index in [1.54, 1.807) is 0 Å². The van der Waals surface area contributed by atoms with Gasteiger partial charge in [0.1, 0.15) is 0 Å². The van der Waals surface area contributed by atoms with Gasteiger partial charge in [0, 0.05) is 18.5 Å². The third kappa shape index (κ3) is 4.16. The molecule has 0 aliphatic heterocycles. The van der Waals surface area contributed by atoms with Gasteiger partial charge in [0.25, 0.3) is 0 Å². The molecule has 0 saturated heterocycles. The Morgan fingerprint density at radius 2 is 1.37 bits per heavy atom. The van der Waals surface area contributed by atoms with Crippen molar-refractivity contribution in [1.29, 1.82) is 0 Å². The van der Waals surface area contributed by atoms with E-state index >= 15 is 0 Å². The maximum absolute atomic E-state index is 5.18. The van der Waals surface area contributed by atoms with Crippen LogP contribution in [-0.2, 0) is 0 Å². The Balaban J connectivity index is 1.99. The van der Waals surface area contributed by atoms with E-state index < -0.39 is 0 Å². The number of aromatic nitrogens is 1. The van der Waals surface area contributed by atoms with Crippen LogP contribution in [0.3, 0.4) is 0 Å². The molecule has 0 aliphatic rings. The molecule has 0 amide bonds. The first-order chi connectivity index (χ1) is 14.8. The SMILES string of the molecule is CCCN(CCC)C(=Nc1ccccc1)n1c(-c2ccccc2)cc2ccccc21. The summed E-state index contributed by atoms with van der Waals surface area (Å²) in [6, 6.07) is 31.8. The molecule has 0 saturated carbocycles. The Hall–Kier alpha value is -3.33. The molecule has 0 fully saturated rings. The summed E-state index contributed by atoms with van der Waals surface area (Å²) >= 11 is 0. The lowest BCUT2D eigenvalue weighted by atomic mass is 10.1. The summed E-state index contributed by atoms with van der Waals surface area (Å²) in [6.07, 6.45) is 2.15. The van der Waals surface area contributed by atoms with Crippen LogP contribution in [0.1, 0.15) is 26.7 Å². The highest BCUT2D eigenvalue weighted by molar-refractivity contribution is 6.00. The second-order valence-electron chi connectivity index (χ2n) is 7.52. The standard InChI is InChI=1S/C27H29N3/c1-3-19-29(20-4-2)27(28-24-16-9-6-10-17-24)30-25-18-12-11-15-23(25)21-26(30)22-13-7-5-8-14-22/h5-18,21H,3-4,19-20H2,1-2H3. The molecule has 4 rings (SSSR count). The van der Waals surface area contributed by atoms with E-state index in [0.29, 0.717) is 0 Å². The first-order valence-electron chi connectivity index (χ1n) is 10.9. The highest BCUT2D eigenvalue weighted by Gasteiger charge is 2.19. The minimum absolute atomic E-state index is 0.972. The average molecular weight is 396 g/mol. The summed E-state index contributed by atoms with van der Waals surface area (Å²) in [4.78, 5) is 7.60. The molecule has 152 valence electrons. The van der Waals surface area contributed by atoms with Crippen molar-refractivity contribution in [3.05, 3.63) is 91.0 Å². The van der Waals surface area contributed by atoms with Gasteiger partial charge in [-0.3, -0.25) is 4.57 Å². The highest BCUT2D eigenvalue weighted by atomic mass is 15.3. The van der Waals surface area contributed by atoms with E-state index in [0.717, 1.165) is 37.6 Å². The van der Waals surface area contributed by atoms with Gasteiger partial charge >= 0.3 is 0 Å². The largest absolute Gasteiger partial charge is 0.342 e. The van der Waals surface area contributed by atoms with Gasteiger partial charge in [0.2, 0.25) is 5.96 Å². The highest BCUT2D eigenvalue weighted by Crippen LogP contribution is 2.29. The zero-order valence-corrected chi connectivity index (χ0v) is 17.8. The van der Waals surface area contributed by atoms with E-state index in [1.165, 1.54) is 22.2 Å². The second kappa shape index (κ2) is 9.45. The van der Waals surface area contributed by atoms with Crippen LogP contribution in [0, 0.1) is 0 Å². The molecule has 3 heteroatoms. The molecule has 0 atom stereocenters. The smallest absolute Gasteiger partial charge is 0.211 e. The normalized spacial score (nSPS) is 11.7. The van der Waals surface area contributed by atoms with Gasteiger partial charge in [-0.15, -0.1) is 0 Å². The quantitative estimate of drug-likeness (QED) is 0.255. The fourth-order valence-electron chi connectivity index (χ4n) is 3.92. The maximum atomic E-state index is 5.18. The first-order valence-corrected chi connectivity index (χ1v) is 10.9. The molecule has 0 aliphatic carbocycles. The summed E-state index contributed by atoms with van der Waals surface area (Å²) in [7, 11) is 0. The second-order valence-corrected chi connectivity index (χ2v) is 7.52. The summed E-state index contributed by atoms with van der Waals surface area (Å²) in [5, 5.41) is 1.23. The zero-order valence-electron chi connectivity index (χ0n) is 17.8. The molecule has 0 bridgehead atoms. The number of nitrogens with zero attached hydrogens (tertiary/aromatic N) is 3. The van der Waals surface area contributed by atoms with Crippen LogP contribution < -0.4 is 0 Å². The van der Waals surface area contributed by atoms with Crippen LogP contribution in [-0.4, -0.2) is 28.5 Å². The van der Waals surface area contributed by atoms with E-state index in [-0.39, 0.29) is 0 Å². The van der Waals surface area contributed by atoms with Gasteiger partial charge in [-0.05, 0) is 42.7 Å². The van der Waals surface area contributed by atoms with E-state index in [2.05, 4.69) is 96.1 Å². The van der Waals surface area contributed by atoms with Gasteiger partial charge in [0.15, 0.2) is 0 Å². The van der Waals surface area contributed by atoms with Crippen LogP contribution in [0.4, 0.5) is 5.69 Å². The van der Waals surface area contributed by atoms with Gasteiger partial charge in [-0.1, -0.05) is 80.6 Å². The molecular formula is C27H29N3. The van der Waals surface area contributed by atoms with Crippen molar-refractivity contribution in [2.24, 2.45) is 4.99 Å². The van der Waals surface area contributed by atoms with E-state index in [4.69, 9.17) is 4.99 Å². The number of benzene rings is 3. The molecule has 4 aromatic rings. The molecule has 0 spiro atoms. The van der Waals surface area contributed by atoms with Crippen molar-refractivity contribution in [2.45, 2.75) is 26.7 Å². The zero-order chi connectivity index (χ0) is 20.8. The molecule has 1 heterocycles. The molecule has 30 heavy (non-hydrogen) atoms. The number of hydrogen-bond donors (Lipinski definition) is 0. The summed E-state index contributed by atoms with van der Waals surface area (Å²) < 4.78 is 2.34. The maximum Gasteiger partial charge on any atom is 0.211 e. The predicted molar refractivity (Wildman–Crippen MR) is 128 cm³/mol. The molecule has 3 nitrogen and oxygen atoms in total. The summed E-state index contributed by atoms with van der Waals surface area (Å²) in [6.45, 7) is 6.41. The number of fused-ring (bicyclic) bond motifs is 1. The van der Waals surface area contributed by atoms with E-state index in [9.17, 15) is 0 Å². The van der Waals surface area contributed by atoms with Crippen molar-refractivity contribution in [2.75, 3.05) is 13.1 Å². The minimum atomic E-state index is 0.972. The van der Waals surface area contributed by atoms with Gasteiger partial charge < -0.3 is 4.90 Å². The molecule has 3 aromatic carbocycles. The Kier molecular flexibility index (Phi) is 6.29. The van der Waals surface area contributed by atoms with Crippen LogP contribution in [0.5, 0.6) is 0 Å². The van der Waals surface area contributed by atoms with Gasteiger partial charge in [-0.25, -0.2) is 4.99 Å². The van der Waals surface area contributed by atoms with Crippen molar-refractivity contribution >= 4 is 22.5 Å². The fraction of sp³-hybridized carbons (Fsp3) is 0.222. The van der Waals surface area contributed by atoms with Crippen molar-refractivity contribution in [3.63, 3.8) is 0 Å². The summed E-state index contributed by atoms with van der Waals surface area (Å²) in [5.41, 5.74) is 4.52. The third-order valence-electron chi connectivity index (χ3n) is 5.24. The Morgan fingerprint density at radius 3 is 2.03 bits per heavy atom. The number of rotatable bonds is 6. The minimum Gasteiger partial charge on any atom is -0.342 e. The van der Waals surface area contributed by atoms with Crippen LogP contribution in [0.2, 0.25) is 0 Å². The lowest BCUT2D eigenvalue weighted by molar-refractivity contribution is 0.406. The van der Waals surface area contributed by atoms with Crippen LogP contribution >= 0.6 is 0 Å². The van der Waals surface area contributed by atoms with Gasteiger partial charge in [0.05, 0.1) is 16.9 Å². The average Bonchev–Trinajstić information content (AvgIpc) is 3.18. The molecule has 1 aromatic heterocycles. The predicted octanol–water partition coefficient (Wildman–Crippen LogP) is 6.97. The lowest BCUT2D eigenvalue weighted by Gasteiger charge is -2.28. The van der Waals surface area contributed by atoms with Crippen molar-refractivity contribution in [3.8, 4) is 11.3 Å². The Bertz CT molecular complexity index is 1100.